The summed E-state index contributed by atoms with van der Waals surface area (Å²) in [6.07, 6.45) is 1.88. The molecule has 0 bridgehead atoms. The lowest BCUT2D eigenvalue weighted by Gasteiger charge is -2.13. The maximum absolute atomic E-state index is 11.3. The van der Waals surface area contributed by atoms with Crippen molar-refractivity contribution in [3.63, 3.8) is 0 Å². The molecule has 0 aliphatic carbocycles. The standard InChI is InChI=1S/C18H19N5O2/c1-13(17-11-23(22-21-17)16-8-3-2-4-9-16)19-14-6-5-7-15(10-14)20-18(25)12-24/h2-11,13,19,24H,12H2,1H3,(H,20,25)/t13-/m0/s1. The van der Waals surface area contributed by atoms with Crippen LogP contribution < -0.4 is 10.6 Å². The van der Waals surface area contributed by atoms with Crippen molar-refractivity contribution < 1.29 is 9.90 Å². The van der Waals surface area contributed by atoms with E-state index in [0.29, 0.717) is 5.69 Å². The smallest absolute Gasteiger partial charge is 0.250 e. The topological polar surface area (TPSA) is 92.1 Å². The predicted octanol–water partition coefficient (Wildman–Crippen LogP) is 2.37. The van der Waals surface area contributed by atoms with Gasteiger partial charge in [-0.2, -0.15) is 0 Å². The summed E-state index contributed by atoms with van der Waals surface area (Å²) in [6.45, 7) is 1.44. The van der Waals surface area contributed by atoms with Gasteiger partial charge < -0.3 is 15.7 Å². The molecule has 0 saturated carbocycles. The van der Waals surface area contributed by atoms with E-state index in [-0.39, 0.29) is 6.04 Å². The first-order valence-corrected chi connectivity index (χ1v) is 7.90. The average Bonchev–Trinajstić information content (AvgIpc) is 3.13. The van der Waals surface area contributed by atoms with Gasteiger partial charge >= 0.3 is 0 Å². The number of aliphatic hydroxyl groups is 1. The van der Waals surface area contributed by atoms with Gasteiger partial charge in [0.25, 0.3) is 0 Å². The van der Waals surface area contributed by atoms with Gasteiger partial charge in [0.05, 0.1) is 17.9 Å². The Kier molecular flexibility index (Phi) is 5.06. The number of rotatable bonds is 6. The number of hydrogen-bond donors (Lipinski definition) is 3. The summed E-state index contributed by atoms with van der Waals surface area (Å²) < 4.78 is 1.73. The molecule has 1 aromatic heterocycles. The number of aromatic nitrogens is 3. The van der Waals surface area contributed by atoms with Crippen molar-refractivity contribution in [2.24, 2.45) is 0 Å². The number of amides is 1. The Hall–Kier alpha value is -3.19. The van der Waals surface area contributed by atoms with Gasteiger partial charge in [-0.1, -0.05) is 29.5 Å². The zero-order chi connectivity index (χ0) is 17.6. The van der Waals surface area contributed by atoms with Crippen molar-refractivity contribution in [1.29, 1.82) is 0 Å². The summed E-state index contributed by atoms with van der Waals surface area (Å²) in [5.41, 5.74) is 3.19. The molecule has 1 atom stereocenters. The zero-order valence-electron chi connectivity index (χ0n) is 13.8. The highest BCUT2D eigenvalue weighted by Crippen LogP contribution is 2.21. The second-order valence-corrected chi connectivity index (χ2v) is 5.58. The number of carbonyl (C=O) groups is 1. The van der Waals surface area contributed by atoms with Crippen LogP contribution in [0.1, 0.15) is 18.7 Å². The Bertz CT molecular complexity index is 847. The molecule has 0 saturated heterocycles. The SMILES string of the molecule is C[C@H](Nc1cccc(NC(=O)CO)c1)c1cn(-c2ccccc2)nn1. The molecule has 0 fully saturated rings. The summed E-state index contributed by atoms with van der Waals surface area (Å²) in [5, 5.41) is 23.1. The molecule has 128 valence electrons. The Morgan fingerprint density at radius 1 is 1.16 bits per heavy atom. The first kappa shape index (κ1) is 16.7. The lowest BCUT2D eigenvalue weighted by atomic mass is 10.2. The fraction of sp³-hybridized carbons (Fsp3) is 0.167. The first-order valence-electron chi connectivity index (χ1n) is 7.90. The van der Waals surface area contributed by atoms with E-state index in [0.717, 1.165) is 17.1 Å². The molecule has 0 aliphatic heterocycles. The predicted molar refractivity (Wildman–Crippen MR) is 95.6 cm³/mol. The second-order valence-electron chi connectivity index (χ2n) is 5.58. The minimum Gasteiger partial charge on any atom is -0.387 e. The van der Waals surface area contributed by atoms with E-state index in [1.807, 2.05) is 55.6 Å². The number of hydrogen-bond acceptors (Lipinski definition) is 5. The number of nitrogens with zero attached hydrogens (tertiary/aromatic N) is 3. The molecule has 0 radical (unpaired) electrons. The number of aliphatic hydroxyl groups excluding tert-OH is 1. The third kappa shape index (κ3) is 4.21. The fourth-order valence-corrected chi connectivity index (χ4v) is 2.39. The van der Waals surface area contributed by atoms with E-state index in [1.165, 1.54) is 0 Å². The van der Waals surface area contributed by atoms with Crippen molar-refractivity contribution in [2.45, 2.75) is 13.0 Å². The summed E-state index contributed by atoms with van der Waals surface area (Å²) in [4.78, 5) is 11.3. The number of para-hydroxylation sites is 1. The molecule has 1 amide bonds. The first-order chi connectivity index (χ1) is 12.2. The van der Waals surface area contributed by atoms with Gasteiger partial charge in [0.2, 0.25) is 5.91 Å². The van der Waals surface area contributed by atoms with Gasteiger partial charge in [0.1, 0.15) is 12.3 Å². The largest absolute Gasteiger partial charge is 0.387 e. The van der Waals surface area contributed by atoms with E-state index in [1.54, 1.807) is 16.8 Å². The molecule has 7 heteroatoms. The summed E-state index contributed by atoms with van der Waals surface area (Å²) in [7, 11) is 0. The van der Waals surface area contributed by atoms with E-state index in [2.05, 4.69) is 20.9 Å². The number of anilines is 2. The highest BCUT2D eigenvalue weighted by molar-refractivity contribution is 5.91. The van der Waals surface area contributed by atoms with Crippen molar-refractivity contribution in [2.75, 3.05) is 17.2 Å². The Morgan fingerprint density at radius 2 is 1.92 bits per heavy atom. The number of nitrogens with one attached hydrogen (secondary N) is 2. The molecule has 0 spiro atoms. The molecule has 3 aromatic rings. The molecule has 0 unspecified atom stereocenters. The van der Waals surface area contributed by atoms with Crippen LogP contribution in [0.5, 0.6) is 0 Å². The van der Waals surface area contributed by atoms with E-state index < -0.39 is 12.5 Å². The van der Waals surface area contributed by atoms with Gasteiger partial charge in [0, 0.05) is 11.4 Å². The fourth-order valence-electron chi connectivity index (χ4n) is 2.39. The van der Waals surface area contributed by atoms with E-state index in [9.17, 15) is 4.79 Å². The van der Waals surface area contributed by atoms with Crippen LogP contribution in [-0.2, 0) is 4.79 Å². The van der Waals surface area contributed by atoms with Crippen molar-refractivity contribution in [1.82, 2.24) is 15.0 Å². The molecule has 25 heavy (non-hydrogen) atoms. The minimum absolute atomic E-state index is 0.0683. The molecule has 1 heterocycles. The Balaban J connectivity index is 1.70. The third-order valence-electron chi connectivity index (χ3n) is 3.65. The highest BCUT2D eigenvalue weighted by atomic mass is 16.3. The van der Waals surface area contributed by atoms with Crippen LogP contribution in [0.2, 0.25) is 0 Å². The lowest BCUT2D eigenvalue weighted by Crippen LogP contribution is -2.15. The van der Waals surface area contributed by atoms with Gasteiger partial charge in [-0.3, -0.25) is 4.79 Å². The van der Waals surface area contributed by atoms with Crippen LogP contribution >= 0.6 is 0 Å². The van der Waals surface area contributed by atoms with Crippen LogP contribution in [0, 0.1) is 0 Å². The van der Waals surface area contributed by atoms with Crippen LogP contribution in [-0.4, -0.2) is 32.6 Å². The van der Waals surface area contributed by atoms with Gasteiger partial charge in [0.15, 0.2) is 0 Å². The lowest BCUT2D eigenvalue weighted by molar-refractivity contribution is -0.118. The van der Waals surface area contributed by atoms with Crippen molar-refractivity contribution >= 4 is 17.3 Å². The number of carbonyl (C=O) groups excluding carboxylic acids is 1. The number of benzene rings is 2. The van der Waals surface area contributed by atoms with Gasteiger partial charge in [-0.15, -0.1) is 5.10 Å². The van der Waals surface area contributed by atoms with E-state index >= 15 is 0 Å². The molecule has 7 nitrogen and oxygen atoms in total. The maximum atomic E-state index is 11.3. The molecule has 0 aliphatic rings. The Morgan fingerprint density at radius 3 is 2.68 bits per heavy atom. The molecule has 2 aromatic carbocycles. The summed E-state index contributed by atoms with van der Waals surface area (Å²) in [6, 6.07) is 17.0. The summed E-state index contributed by atoms with van der Waals surface area (Å²) >= 11 is 0. The summed E-state index contributed by atoms with van der Waals surface area (Å²) in [5.74, 6) is -0.448. The average molecular weight is 337 g/mol. The molecule has 3 rings (SSSR count). The normalized spacial score (nSPS) is 11.8. The van der Waals surface area contributed by atoms with Crippen LogP contribution in [0.4, 0.5) is 11.4 Å². The maximum Gasteiger partial charge on any atom is 0.250 e. The highest BCUT2D eigenvalue weighted by Gasteiger charge is 2.11. The van der Waals surface area contributed by atoms with Crippen molar-refractivity contribution in [3.05, 3.63) is 66.5 Å². The molecular weight excluding hydrogens is 318 g/mol. The zero-order valence-corrected chi connectivity index (χ0v) is 13.8. The van der Waals surface area contributed by atoms with Crippen molar-refractivity contribution in [3.8, 4) is 5.69 Å². The van der Waals surface area contributed by atoms with E-state index in [4.69, 9.17) is 5.11 Å². The van der Waals surface area contributed by atoms with Gasteiger partial charge in [-0.05, 0) is 37.3 Å². The Labute approximate surface area is 145 Å². The quantitative estimate of drug-likeness (QED) is 0.642. The molecular formula is C18H19N5O2. The second kappa shape index (κ2) is 7.59. The monoisotopic (exact) mass is 337 g/mol. The van der Waals surface area contributed by atoms with Gasteiger partial charge in [-0.25, -0.2) is 4.68 Å². The third-order valence-corrected chi connectivity index (χ3v) is 3.65. The van der Waals surface area contributed by atoms with Crippen LogP contribution in [0.25, 0.3) is 5.69 Å². The minimum atomic E-state index is -0.545. The molecule has 3 N–H and O–H groups in total. The van der Waals surface area contributed by atoms with Crippen LogP contribution in [0.15, 0.2) is 60.8 Å². The van der Waals surface area contributed by atoms with Crippen LogP contribution in [0.3, 0.4) is 0 Å².